The normalized spacial score (nSPS) is 27.8. The van der Waals surface area contributed by atoms with Crippen LogP contribution in [0.3, 0.4) is 0 Å². The summed E-state index contributed by atoms with van der Waals surface area (Å²) < 4.78 is 0. The molecule has 2 fully saturated rings. The Bertz CT molecular complexity index is 404. The maximum absolute atomic E-state index is 5.65. The van der Waals surface area contributed by atoms with Gasteiger partial charge in [-0.3, -0.25) is 0 Å². The number of anilines is 1. The largest absolute Gasteiger partial charge is 0.353 e. The SMILES string of the molecule is Cc1nc(CN)cc(N2C[C@H]3CC[C@H]2C3)n1. The summed E-state index contributed by atoms with van der Waals surface area (Å²) in [5.74, 6) is 2.81. The number of nitrogens with zero attached hydrogens (tertiary/aromatic N) is 3. The second-order valence-corrected chi connectivity index (χ2v) is 4.95. The number of aryl methyl sites for hydroxylation is 1. The van der Waals surface area contributed by atoms with Crippen molar-refractivity contribution >= 4 is 5.82 Å². The first-order valence-corrected chi connectivity index (χ1v) is 6.07. The minimum Gasteiger partial charge on any atom is -0.353 e. The van der Waals surface area contributed by atoms with Gasteiger partial charge in [-0.1, -0.05) is 0 Å². The molecular formula is C12H18N4. The summed E-state index contributed by atoms with van der Waals surface area (Å²) in [5, 5.41) is 0. The van der Waals surface area contributed by atoms with Crippen LogP contribution >= 0.6 is 0 Å². The van der Waals surface area contributed by atoms with E-state index in [0.717, 1.165) is 23.3 Å². The molecule has 16 heavy (non-hydrogen) atoms. The van der Waals surface area contributed by atoms with Crippen molar-refractivity contribution in [2.75, 3.05) is 11.4 Å². The van der Waals surface area contributed by atoms with E-state index in [1.54, 1.807) is 0 Å². The fraction of sp³-hybridized carbons (Fsp3) is 0.667. The zero-order valence-electron chi connectivity index (χ0n) is 9.69. The number of hydrogen-bond donors (Lipinski definition) is 1. The molecule has 2 heterocycles. The van der Waals surface area contributed by atoms with Gasteiger partial charge in [0.25, 0.3) is 0 Å². The number of piperidine rings is 1. The maximum atomic E-state index is 5.65. The predicted molar refractivity (Wildman–Crippen MR) is 63.1 cm³/mol. The Kier molecular flexibility index (Phi) is 2.32. The van der Waals surface area contributed by atoms with Crippen LogP contribution in [0.25, 0.3) is 0 Å². The number of hydrogen-bond acceptors (Lipinski definition) is 4. The summed E-state index contributed by atoms with van der Waals surface area (Å²) >= 11 is 0. The van der Waals surface area contributed by atoms with Gasteiger partial charge in [-0.2, -0.15) is 0 Å². The van der Waals surface area contributed by atoms with E-state index in [0.29, 0.717) is 12.6 Å². The van der Waals surface area contributed by atoms with Crippen molar-refractivity contribution in [3.8, 4) is 0 Å². The monoisotopic (exact) mass is 218 g/mol. The fourth-order valence-electron chi connectivity index (χ4n) is 3.07. The molecule has 0 spiro atoms. The molecule has 2 atom stereocenters. The van der Waals surface area contributed by atoms with Gasteiger partial charge in [-0.05, 0) is 32.1 Å². The number of rotatable bonds is 2. The van der Waals surface area contributed by atoms with Gasteiger partial charge in [0.05, 0.1) is 5.69 Å². The molecule has 2 N–H and O–H groups in total. The Balaban J connectivity index is 1.91. The maximum Gasteiger partial charge on any atom is 0.132 e. The molecule has 4 heteroatoms. The Morgan fingerprint density at radius 2 is 2.31 bits per heavy atom. The van der Waals surface area contributed by atoms with Crippen molar-refractivity contribution in [1.82, 2.24) is 9.97 Å². The third-order valence-corrected chi connectivity index (χ3v) is 3.79. The molecule has 1 saturated carbocycles. The van der Waals surface area contributed by atoms with E-state index in [9.17, 15) is 0 Å². The highest BCUT2D eigenvalue weighted by Crippen LogP contribution is 2.39. The minimum absolute atomic E-state index is 0.498. The molecule has 1 aliphatic carbocycles. The topological polar surface area (TPSA) is 55.0 Å². The third-order valence-electron chi connectivity index (χ3n) is 3.79. The zero-order chi connectivity index (χ0) is 11.1. The van der Waals surface area contributed by atoms with Crippen LogP contribution in [0, 0.1) is 12.8 Å². The number of nitrogens with two attached hydrogens (primary N) is 1. The number of fused-ring (bicyclic) bond motifs is 2. The van der Waals surface area contributed by atoms with Crippen molar-refractivity contribution < 1.29 is 0 Å². The van der Waals surface area contributed by atoms with Gasteiger partial charge in [0.15, 0.2) is 0 Å². The van der Waals surface area contributed by atoms with Crippen LogP contribution in [0.2, 0.25) is 0 Å². The van der Waals surface area contributed by atoms with Crippen LogP contribution in [0.5, 0.6) is 0 Å². The molecule has 1 saturated heterocycles. The predicted octanol–water partition coefficient (Wildman–Crippen LogP) is 1.23. The van der Waals surface area contributed by atoms with Crippen molar-refractivity contribution in [2.45, 2.75) is 38.8 Å². The van der Waals surface area contributed by atoms with Gasteiger partial charge >= 0.3 is 0 Å². The van der Waals surface area contributed by atoms with Gasteiger partial charge in [-0.15, -0.1) is 0 Å². The first-order valence-electron chi connectivity index (χ1n) is 6.07. The molecule has 0 unspecified atom stereocenters. The summed E-state index contributed by atoms with van der Waals surface area (Å²) in [7, 11) is 0. The summed E-state index contributed by atoms with van der Waals surface area (Å²) in [6.45, 7) is 3.61. The van der Waals surface area contributed by atoms with Crippen molar-refractivity contribution in [3.63, 3.8) is 0 Å². The Morgan fingerprint density at radius 3 is 2.94 bits per heavy atom. The fourth-order valence-corrected chi connectivity index (χ4v) is 3.07. The molecule has 0 radical (unpaired) electrons. The van der Waals surface area contributed by atoms with Gasteiger partial charge < -0.3 is 10.6 Å². The average molecular weight is 218 g/mol. The zero-order valence-corrected chi connectivity index (χ0v) is 9.69. The van der Waals surface area contributed by atoms with E-state index >= 15 is 0 Å². The standard InChI is InChI=1S/C12H18N4/c1-8-14-10(6-13)5-12(15-8)16-7-9-2-3-11(16)4-9/h5,9,11H,2-4,6-7,13H2,1H3/t9-,11-/m0/s1. The molecule has 86 valence electrons. The molecule has 0 amide bonds. The molecule has 4 nitrogen and oxygen atoms in total. The first-order chi connectivity index (χ1) is 7.76. The Labute approximate surface area is 95.9 Å². The second kappa shape index (κ2) is 3.70. The molecule has 3 rings (SSSR count). The molecule has 1 aliphatic heterocycles. The highest BCUT2D eigenvalue weighted by molar-refractivity contribution is 5.43. The molecule has 2 bridgehead atoms. The summed E-state index contributed by atoms with van der Waals surface area (Å²) in [6.07, 6.45) is 4.07. The molecule has 0 aromatic carbocycles. The molecule has 1 aromatic heterocycles. The third kappa shape index (κ3) is 1.57. The summed E-state index contributed by atoms with van der Waals surface area (Å²) in [6, 6.07) is 2.76. The first kappa shape index (κ1) is 10.0. The van der Waals surface area contributed by atoms with E-state index in [-0.39, 0.29) is 0 Å². The van der Waals surface area contributed by atoms with E-state index in [4.69, 9.17) is 5.73 Å². The van der Waals surface area contributed by atoms with Gasteiger partial charge in [0.2, 0.25) is 0 Å². The smallest absolute Gasteiger partial charge is 0.132 e. The van der Waals surface area contributed by atoms with Crippen LogP contribution < -0.4 is 10.6 Å². The average Bonchev–Trinajstić information content (AvgIpc) is 2.89. The lowest BCUT2D eigenvalue weighted by Gasteiger charge is -2.28. The van der Waals surface area contributed by atoms with Crippen LogP contribution in [-0.2, 0) is 6.54 Å². The Hall–Kier alpha value is -1.16. The lowest BCUT2D eigenvalue weighted by Crippen LogP contribution is -2.33. The second-order valence-electron chi connectivity index (χ2n) is 4.95. The van der Waals surface area contributed by atoms with E-state index < -0.39 is 0 Å². The minimum atomic E-state index is 0.498. The lowest BCUT2D eigenvalue weighted by atomic mass is 10.1. The van der Waals surface area contributed by atoms with Crippen molar-refractivity contribution in [1.29, 1.82) is 0 Å². The van der Waals surface area contributed by atoms with Crippen molar-refractivity contribution in [2.24, 2.45) is 11.7 Å². The summed E-state index contributed by atoms with van der Waals surface area (Å²) in [5.41, 5.74) is 6.60. The van der Waals surface area contributed by atoms with E-state index in [1.165, 1.54) is 25.8 Å². The van der Waals surface area contributed by atoms with E-state index in [2.05, 4.69) is 14.9 Å². The van der Waals surface area contributed by atoms with Gasteiger partial charge in [-0.25, -0.2) is 9.97 Å². The van der Waals surface area contributed by atoms with Gasteiger partial charge in [0, 0.05) is 25.2 Å². The van der Waals surface area contributed by atoms with E-state index in [1.807, 2.05) is 13.0 Å². The quantitative estimate of drug-likeness (QED) is 0.811. The van der Waals surface area contributed by atoms with Crippen LogP contribution in [0.1, 0.15) is 30.8 Å². The molecule has 1 aromatic rings. The molecular weight excluding hydrogens is 200 g/mol. The van der Waals surface area contributed by atoms with Gasteiger partial charge in [0.1, 0.15) is 11.6 Å². The highest BCUT2D eigenvalue weighted by atomic mass is 15.3. The highest BCUT2D eigenvalue weighted by Gasteiger charge is 2.38. The van der Waals surface area contributed by atoms with Crippen molar-refractivity contribution in [3.05, 3.63) is 17.6 Å². The Morgan fingerprint density at radius 1 is 1.44 bits per heavy atom. The van der Waals surface area contributed by atoms with Crippen LogP contribution in [-0.4, -0.2) is 22.6 Å². The lowest BCUT2D eigenvalue weighted by molar-refractivity contribution is 0.549. The molecule has 2 aliphatic rings. The van der Waals surface area contributed by atoms with Crippen LogP contribution in [0.4, 0.5) is 5.82 Å². The van der Waals surface area contributed by atoms with Crippen LogP contribution in [0.15, 0.2) is 6.07 Å². The summed E-state index contributed by atoms with van der Waals surface area (Å²) in [4.78, 5) is 11.3. The number of aromatic nitrogens is 2.